The smallest absolute Gasteiger partial charge is 0.150 e. The highest BCUT2D eigenvalue weighted by Gasteiger charge is 2.33. The Labute approximate surface area is 94.6 Å². The first-order valence-electron chi connectivity index (χ1n) is 5.61. The molecule has 2 nitrogen and oxygen atoms in total. The minimum Gasteiger partial charge on any atom is -0.321 e. The van der Waals surface area contributed by atoms with E-state index >= 15 is 0 Å². The Morgan fingerprint density at radius 3 is 2.56 bits per heavy atom. The van der Waals surface area contributed by atoms with Crippen molar-refractivity contribution in [2.45, 2.75) is 38.1 Å². The monoisotopic (exact) mass is 221 g/mol. The molecule has 3 heteroatoms. The molecule has 1 aromatic rings. The van der Waals surface area contributed by atoms with Crippen molar-refractivity contribution in [3.05, 3.63) is 34.6 Å². The van der Waals surface area contributed by atoms with Crippen LogP contribution in [0.3, 0.4) is 0 Å². The van der Waals surface area contributed by atoms with Gasteiger partial charge in [-0.2, -0.15) is 0 Å². The third kappa shape index (κ3) is 1.76. The Morgan fingerprint density at radius 1 is 1.38 bits per heavy atom. The predicted molar refractivity (Wildman–Crippen MR) is 60.9 cm³/mol. The number of benzene rings is 1. The van der Waals surface area contributed by atoms with E-state index in [2.05, 4.69) is 0 Å². The first-order valence-corrected chi connectivity index (χ1v) is 5.61. The molecular formula is C13H16FNO. The summed E-state index contributed by atoms with van der Waals surface area (Å²) in [5.41, 5.74) is 7.43. The number of carbonyl (C=O) groups excluding carboxylic acids is 1. The molecule has 86 valence electrons. The fraction of sp³-hybridized carbons (Fsp3) is 0.462. The van der Waals surface area contributed by atoms with E-state index in [0.29, 0.717) is 16.7 Å². The van der Waals surface area contributed by atoms with Gasteiger partial charge in [-0.25, -0.2) is 4.39 Å². The fourth-order valence-corrected chi connectivity index (χ4v) is 2.51. The summed E-state index contributed by atoms with van der Waals surface area (Å²) in [7, 11) is 0. The van der Waals surface area contributed by atoms with Gasteiger partial charge in [-0.05, 0) is 43.0 Å². The summed E-state index contributed by atoms with van der Waals surface area (Å²) in [5.74, 6) is -0.280. The van der Waals surface area contributed by atoms with E-state index < -0.39 is 5.54 Å². The molecule has 1 fully saturated rings. The van der Waals surface area contributed by atoms with Gasteiger partial charge < -0.3 is 5.73 Å². The Bertz CT molecular complexity index is 422. The molecule has 2 rings (SSSR count). The quantitative estimate of drug-likeness (QED) is 0.780. The average molecular weight is 221 g/mol. The van der Waals surface area contributed by atoms with Gasteiger partial charge in [-0.15, -0.1) is 0 Å². The van der Waals surface area contributed by atoms with E-state index in [9.17, 15) is 9.18 Å². The lowest BCUT2D eigenvalue weighted by Crippen LogP contribution is -2.34. The Morgan fingerprint density at radius 2 is 2.00 bits per heavy atom. The highest BCUT2D eigenvalue weighted by Crippen LogP contribution is 2.38. The van der Waals surface area contributed by atoms with Gasteiger partial charge in [0.05, 0.1) is 0 Å². The summed E-state index contributed by atoms with van der Waals surface area (Å²) < 4.78 is 13.5. The van der Waals surface area contributed by atoms with Crippen LogP contribution in [0.15, 0.2) is 12.1 Å². The van der Waals surface area contributed by atoms with Crippen LogP contribution in [0.4, 0.5) is 4.39 Å². The summed E-state index contributed by atoms with van der Waals surface area (Å²) in [6.45, 7) is 1.66. The lowest BCUT2D eigenvalue weighted by molar-refractivity contribution is 0.112. The fourth-order valence-electron chi connectivity index (χ4n) is 2.51. The van der Waals surface area contributed by atoms with Crippen molar-refractivity contribution >= 4 is 6.29 Å². The number of aryl methyl sites for hydroxylation is 1. The van der Waals surface area contributed by atoms with Crippen LogP contribution in [0.1, 0.15) is 47.2 Å². The van der Waals surface area contributed by atoms with Gasteiger partial charge >= 0.3 is 0 Å². The topological polar surface area (TPSA) is 43.1 Å². The zero-order valence-corrected chi connectivity index (χ0v) is 9.42. The highest BCUT2D eigenvalue weighted by atomic mass is 19.1. The van der Waals surface area contributed by atoms with Gasteiger partial charge in [0.15, 0.2) is 0 Å². The van der Waals surface area contributed by atoms with Gasteiger partial charge in [-0.1, -0.05) is 12.8 Å². The van der Waals surface area contributed by atoms with E-state index in [0.717, 1.165) is 32.0 Å². The number of rotatable bonds is 2. The van der Waals surface area contributed by atoms with E-state index in [1.807, 2.05) is 0 Å². The largest absolute Gasteiger partial charge is 0.321 e. The minimum absolute atomic E-state index is 0.280. The Kier molecular flexibility index (Phi) is 2.80. The van der Waals surface area contributed by atoms with E-state index in [1.54, 1.807) is 13.0 Å². The van der Waals surface area contributed by atoms with Crippen LogP contribution in [0.2, 0.25) is 0 Å². The van der Waals surface area contributed by atoms with E-state index in [-0.39, 0.29) is 5.82 Å². The molecule has 0 atom stereocenters. The zero-order valence-electron chi connectivity index (χ0n) is 9.42. The molecular weight excluding hydrogens is 205 g/mol. The molecule has 1 aliphatic rings. The normalized spacial score (nSPS) is 18.7. The minimum atomic E-state index is -0.509. The van der Waals surface area contributed by atoms with Crippen LogP contribution in [0, 0.1) is 12.7 Å². The number of hydrogen-bond acceptors (Lipinski definition) is 2. The van der Waals surface area contributed by atoms with Crippen LogP contribution in [-0.4, -0.2) is 6.29 Å². The number of halogens is 1. The average Bonchev–Trinajstić information content (AvgIpc) is 2.69. The summed E-state index contributed by atoms with van der Waals surface area (Å²) in [5, 5.41) is 0. The van der Waals surface area contributed by atoms with E-state index in [1.165, 1.54) is 6.07 Å². The van der Waals surface area contributed by atoms with Crippen molar-refractivity contribution in [1.82, 2.24) is 0 Å². The van der Waals surface area contributed by atoms with Gasteiger partial charge in [-0.3, -0.25) is 4.79 Å². The molecule has 0 radical (unpaired) electrons. The Balaban J connectivity index is 2.54. The van der Waals surface area contributed by atoms with Crippen LogP contribution in [0.5, 0.6) is 0 Å². The molecule has 16 heavy (non-hydrogen) atoms. The molecule has 0 amide bonds. The molecule has 1 aliphatic carbocycles. The van der Waals surface area contributed by atoms with Crippen LogP contribution in [0.25, 0.3) is 0 Å². The first kappa shape index (κ1) is 11.3. The first-order chi connectivity index (χ1) is 7.57. The molecule has 0 aliphatic heterocycles. The molecule has 2 N–H and O–H groups in total. The molecule has 0 saturated heterocycles. The van der Waals surface area contributed by atoms with Gasteiger partial charge in [0.25, 0.3) is 0 Å². The molecule has 0 unspecified atom stereocenters. The number of nitrogens with two attached hydrogens (primary N) is 1. The van der Waals surface area contributed by atoms with Crippen LogP contribution >= 0.6 is 0 Å². The number of hydrogen-bond donors (Lipinski definition) is 1. The second kappa shape index (κ2) is 3.98. The van der Waals surface area contributed by atoms with Gasteiger partial charge in [0.2, 0.25) is 0 Å². The lowest BCUT2D eigenvalue weighted by atomic mass is 9.85. The van der Waals surface area contributed by atoms with Crippen molar-refractivity contribution in [1.29, 1.82) is 0 Å². The SMILES string of the molecule is Cc1cc(C=O)c(C2(N)CCCC2)cc1F. The second-order valence-corrected chi connectivity index (χ2v) is 4.67. The van der Waals surface area contributed by atoms with Crippen molar-refractivity contribution in [2.24, 2.45) is 5.73 Å². The standard InChI is InChI=1S/C13H16FNO/c1-9-6-10(8-16)11(7-12(9)14)13(15)4-2-3-5-13/h6-8H,2-5,15H2,1H3. The van der Waals surface area contributed by atoms with Crippen LogP contribution in [-0.2, 0) is 5.54 Å². The number of carbonyl (C=O) groups is 1. The summed E-state index contributed by atoms with van der Waals surface area (Å²) >= 11 is 0. The second-order valence-electron chi connectivity index (χ2n) is 4.67. The maximum absolute atomic E-state index is 13.5. The maximum Gasteiger partial charge on any atom is 0.150 e. The molecule has 0 aromatic heterocycles. The number of aldehydes is 1. The predicted octanol–water partition coefficient (Wildman–Crippen LogP) is 2.67. The third-order valence-corrected chi connectivity index (χ3v) is 3.49. The molecule has 0 bridgehead atoms. The van der Waals surface area contributed by atoms with Crippen molar-refractivity contribution in [2.75, 3.05) is 0 Å². The van der Waals surface area contributed by atoms with Crippen molar-refractivity contribution in [3.8, 4) is 0 Å². The van der Waals surface area contributed by atoms with Crippen LogP contribution < -0.4 is 5.73 Å². The molecule has 0 spiro atoms. The van der Waals surface area contributed by atoms with Crippen molar-refractivity contribution in [3.63, 3.8) is 0 Å². The zero-order chi connectivity index (χ0) is 11.8. The third-order valence-electron chi connectivity index (χ3n) is 3.49. The summed E-state index contributed by atoms with van der Waals surface area (Å²) in [6.07, 6.45) is 4.52. The molecule has 1 aromatic carbocycles. The Hall–Kier alpha value is -1.22. The maximum atomic E-state index is 13.5. The van der Waals surface area contributed by atoms with Gasteiger partial charge in [0.1, 0.15) is 12.1 Å². The molecule has 1 saturated carbocycles. The highest BCUT2D eigenvalue weighted by molar-refractivity contribution is 5.78. The molecule has 0 heterocycles. The van der Waals surface area contributed by atoms with Gasteiger partial charge in [0, 0.05) is 11.1 Å². The van der Waals surface area contributed by atoms with E-state index in [4.69, 9.17) is 5.73 Å². The summed E-state index contributed by atoms with van der Waals surface area (Å²) in [6, 6.07) is 3.02. The van der Waals surface area contributed by atoms with Crippen molar-refractivity contribution < 1.29 is 9.18 Å². The lowest BCUT2D eigenvalue weighted by Gasteiger charge is -2.26. The summed E-state index contributed by atoms with van der Waals surface area (Å²) in [4.78, 5) is 11.0.